The van der Waals surface area contributed by atoms with Gasteiger partial charge in [0.15, 0.2) is 17.2 Å². The lowest BCUT2D eigenvalue weighted by Crippen LogP contribution is -2.14. The van der Waals surface area contributed by atoms with Gasteiger partial charge >= 0.3 is 0 Å². The second-order valence-corrected chi connectivity index (χ2v) is 7.10. The van der Waals surface area contributed by atoms with E-state index in [4.69, 9.17) is 4.42 Å². The monoisotopic (exact) mass is 378 g/mol. The number of fused-ring (bicyclic) bond motifs is 1. The van der Waals surface area contributed by atoms with Gasteiger partial charge in [0, 0.05) is 24.8 Å². The minimum absolute atomic E-state index is 0.212. The standard InChI is InChI=1S/C20H22N6O2/c1-11(2)26-12(3)9-17(24-26)22-20(27)14-10-15(16-7-6-8-28-16)21-19-18(14)13(4)23-25(19)5/h6-11H,1-5H3,(H,22,24,27). The van der Waals surface area contributed by atoms with Gasteiger partial charge in [-0.25, -0.2) is 4.98 Å². The molecular formula is C20H22N6O2. The molecule has 0 radical (unpaired) electrons. The highest BCUT2D eigenvalue weighted by molar-refractivity contribution is 6.13. The zero-order chi connectivity index (χ0) is 20.0. The van der Waals surface area contributed by atoms with Gasteiger partial charge in [-0.15, -0.1) is 0 Å². The van der Waals surface area contributed by atoms with Gasteiger partial charge in [-0.05, 0) is 45.9 Å². The van der Waals surface area contributed by atoms with Crippen LogP contribution in [0.2, 0.25) is 0 Å². The van der Waals surface area contributed by atoms with E-state index in [0.717, 1.165) is 16.8 Å². The van der Waals surface area contributed by atoms with Gasteiger partial charge in [0.25, 0.3) is 5.91 Å². The van der Waals surface area contributed by atoms with Crippen LogP contribution in [0.1, 0.15) is 41.6 Å². The molecule has 0 aliphatic heterocycles. The van der Waals surface area contributed by atoms with Crippen molar-refractivity contribution in [2.24, 2.45) is 7.05 Å². The Morgan fingerprint density at radius 1 is 1.21 bits per heavy atom. The number of nitrogens with zero attached hydrogens (tertiary/aromatic N) is 5. The molecule has 1 N–H and O–H groups in total. The van der Waals surface area contributed by atoms with E-state index in [1.54, 1.807) is 23.1 Å². The third kappa shape index (κ3) is 2.96. The highest BCUT2D eigenvalue weighted by Gasteiger charge is 2.21. The summed E-state index contributed by atoms with van der Waals surface area (Å²) in [4.78, 5) is 17.8. The topological polar surface area (TPSA) is 90.8 Å². The number of nitrogens with one attached hydrogen (secondary N) is 1. The zero-order valence-electron chi connectivity index (χ0n) is 16.5. The van der Waals surface area contributed by atoms with Crippen molar-refractivity contribution in [3.63, 3.8) is 0 Å². The Kier molecular flexibility index (Phi) is 4.26. The van der Waals surface area contributed by atoms with Crippen molar-refractivity contribution in [1.82, 2.24) is 24.5 Å². The van der Waals surface area contributed by atoms with Crippen molar-refractivity contribution in [1.29, 1.82) is 0 Å². The highest BCUT2D eigenvalue weighted by atomic mass is 16.3. The third-order valence-corrected chi connectivity index (χ3v) is 4.64. The average Bonchev–Trinajstić information content (AvgIpc) is 3.35. The van der Waals surface area contributed by atoms with E-state index in [1.165, 1.54) is 0 Å². The van der Waals surface area contributed by atoms with E-state index in [-0.39, 0.29) is 11.9 Å². The SMILES string of the molecule is Cc1nn(C)c2nc(-c3ccco3)cc(C(=O)Nc3cc(C)n(C(C)C)n3)c12. The van der Waals surface area contributed by atoms with E-state index in [0.29, 0.717) is 28.5 Å². The summed E-state index contributed by atoms with van der Waals surface area (Å²) in [7, 11) is 1.81. The molecule has 144 valence electrons. The Balaban J connectivity index is 1.80. The highest BCUT2D eigenvalue weighted by Crippen LogP contribution is 2.28. The first-order valence-electron chi connectivity index (χ1n) is 9.11. The number of furan rings is 1. The fourth-order valence-electron chi connectivity index (χ4n) is 3.43. The minimum Gasteiger partial charge on any atom is -0.463 e. The first kappa shape index (κ1) is 18.0. The molecule has 0 bridgehead atoms. The summed E-state index contributed by atoms with van der Waals surface area (Å²) < 4.78 is 9.02. The molecule has 0 saturated heterocycles. The maximum atomic E-state index is 13.1. The number of anilines is 1. The minimum atomic E-state index is -0.260. The van der Waals surface area contributed by atoms with Gasteiger partial charge in [0.1, 0.15) is 5.69 Å². The Morgan fingerprint density at radius 2 is 2.00 bits per heavy atom. The van der Waals surface area contributed by atoms with Crippen LogP contribution >= 0.6 is 0 Å². The summed E-state index contributed by atoms with van der Waals surface area (Å²) in [6.07, 6.45) is 1.58. The molecule has 0 aromatic carbocycles. The number of carbonyl (C=O) groups is 1. The predicted molar refractivity (Wildman–Crippen MR) is 106 cm³/mol. The normalized spacial score (nSPS) is 11.5. The zero-order valence-corrected chi connectivity index (χ0v) is 16.5. The molecule has 0 spiro atoms. The molecule has 4 rings (SSSR count). The van der Waals surface area contributed by atoms with Crippen LogP contribution < -0.4 is 5.32 Å². The summed E-state index contributed by atoms with van der Waals surface area (Å²) in [5.41, 5.74) is 3.41. The van der Waals surface area contributed by atoms with Crippen molar-refractivity contribution in [3.8, 4) is 11.5 Å². The molecule has 0 aliphatic carbocycles. The van der Waals surface area contributed by atoms with Crippen LogP contribution in [0.5, 0.6) is 0 Å². The van der Waals surface area contributed by atoms with Crippen molar-refractivity contribution >= 4 is 22.8 Å². The summed E-state index contributed by atoms with van der Waals surface area (Å²) >= 11 is 0. The van der Waals surface area contributed by atoms with Crippen LogP contribution in [0.15, 0.2) is 34.9 Å². The van der Waals surface area contributed by atoms with Crippen LogP contribution in [0.4, 0.5) is 5.82 Å². The van der Waals surface area contributed by atoms with Crippen LogP contribution in [0, 0.1) is 13.8 Å². The Bertz CT molecular complexity index is 1170. The van der Waals surface area contributed by atoms with Crippen molar-refractivity contribution < 1.29 is 9.21 Å². The van der Waals surface area contributed by atoms with E-state index >= 15 is 0 Å². The van der Waals surface area contributed by atoms with Crippen LogP contribution in [0.25, 0.3) is 22.5 Å². The number of aromatic nitrogens is 5. The molecule has 0 atom stereocenters. The number of aryl methyl sites for hydroxylation is 3. The lowest BCUT2D eigenvalue weighted by Gasteiger charge is -2.08. The molecule has 0 aliphatic rings. The van der Waals surface area contributed by atoms with Crippen LogP contribution in [0.3, 0.4) is 0 Å². The first-order valence-corrected chi connectivity index (χ1v) is 9.11. The molecule has 8 nitrogen and oxygen atoms in total. The lowest BCUT2D eigenvalue weighted by atomic mass is 10.1. The van der Waals surface area contributed by atoms with Gasteiger partial charge in [-0.2, -0.15) is 10.2 Å². The maximum Gasteiger partial charge on any atom is 0.257 e. The smallest absolute Gasteiger partial charge is 0.257 e. The summed E-state index contributed by atoms with van der Waals surface area (Å²) in [6, 6.07) is 7.41. The predicted octanol–water partition coefficient (Wildman–Crippen LogP) is 3.87. The molecule has 4 aromatic rings. The number of hydrogen-bond donors (Lipinski definition) is 1. The van der Waals surface area contributed by atoms with E-state index in [9.17, 15) is 4.79 Å². The van der Waals surface area contributed by atoms with Crippen molar-refractivity contribution in [2.45, 2.75) is 33.7 Å². The largest absolute Gasteiger partial charge is 0.463 e. The van der Waals surface area contributed by atoms with Gasteiger partial charge in [0.05, 0.1) is 22.9 Å². The molecule has 0 fully saturated rings. The number of pyridine rings is 1. The van der Waals surface area contributed by atoms with Gasteiger partial charge in [0.2, 0.25) is 0 Å². The molecule has 28 heavy (non-hydrogen) atoms. The average molecular weight is 378 g/mol. The fourth-order valence-corrected chi connectivity index (χ4v) is 3.43. The molecule has 0 saturated carbocycles. The molecule has 4 heterocycles. The molecule has 8 heteroatoms. The first-order chi connectivity index (χ1) is 13.3. The Labute approximate surface area is 162 Å². The van der Waals surface area contributed by atoms with Gasteiger partial charge in [-0.3, -0.25) is 14.2 Å². The summed E-state index contributed by atoms with van der Waals surface area (Å²) in [5, 5.41) is 12.5. The molecule has 4 aromatic heterocycles. The van der Waals surface area contributed by atoms with E-state index < -0.39 is 0 Å². The summed E-state index contributed by atoms with van der Waals surface area (Å²) in [5.74, 6) is 0.849. The number of carbonyl (C=O) groups excluding carboxylic acids is 1. The third-order valence-electron chi connectivity index (χ3n) is 4.64. The number of hydrogen-bond acceptors (Lipinski definition) is 5. The lowest BCUT2D eigenvalue weighted by molar-refractivity contribution is 0.102. The second-order valence-electron chi connectivity index (χ2n) is 7.10. The van der Waals surface area contributed by atoms with Crippen LogP contribution in [-0.4, -0.2) is 30.5 Å². The quantitative estimate of drug-likeness (QED) is 0.582. The van der Waals surface area contributed by atoms with E-state index in [2.05, 4.69) is 20.5 Å². The summed E-state index contributed by atoms with van der Waals surface area (Å²) in [6.45, 7) is 7.93. The molecule has 1 amide bonds. The number of amides is 1. The number of rotatable bonds is 4. The van der Waals surface area contributed by atoms with E-state index in [1.807, 2.05) is 51.6 Å². The Morgan fingerprint density at radius 3 is 2.64 bits per heavy atom. The molecular weight excluding hydrogens is 356 g/mol. The molecule has 0 unspecified atom stereocenters. The second kappa shape index (κ2) is 6.63. The Hall–Kier alpha value is -3.42. The van der Waals surface area contributed by atoms with Crippen molar-refractivity contribution in [2.75, 3.05) is 5.32 Å². The van der Waals surface area contributed by atoms with Crippen molar-refractivity contribution in [3.05, 3.63) is 47.5 Å². The van der Waals surface area contributed by atoms with Gasteiger partial charge < -0.3 is 9.73 Å². The maximum absolute atomic E-state index is 13.1. The van der Waals surface area contributed by atoms with Crippen LogP contribution in [-0.2, 0) is 7.05 Å². The van der Waals surface area contributed by atoms with Gasteiger partial charge in [-0.1, -0.05) is 0 Å². The fraction of sp³-hybridized carbons (Fsp3) is 0.300.